The van der Waals surface area contributed by atoms with E-state index in [2.05, 4.69) is 15.9 Å². The van der Waals surface area contributed by atoms with Crippen LogP contribution in [0.1, 0.15) is 23.2 Å². The molecule has 4 heteroatoms. The van der Waals surface area contributed by atoms with Crippen molar-refractivity contribution in [1.82, 2.24) is 4.90 Å². The summed E-state index contributed by atoms with van der Waals surface area (Å²) in [7, 11) is 0. The Morgan fingerprint density at radius 1 is 1.56 bits per heavy atom. The maximum Gasteiger partial charge on any atom is 0.254 e. The molecule has 1 saturated heterocycles. The van der Waals surface area contributed by atoms with Crippen LogP contribution in [0, 0.1) is 5.82 Å². The number of nitrogens with zero attached hydrogens (tertiary/aromatic N) is 1. The van der Waals surface area contributed by atoms with Gasteiger partial charge in [0.2, 0.25) is 0 Å². The van der Waals surface area contributed by atoms with Crippen LogP contribution in [0.2, 0.25) is 0 Å². The molecule has 1 aromatic rings. The van der Waals surface area contributed by atoms with E-state index in [4.69, 9.17) is 0 Å². The van der Waals surface area contributed by atoms with E-state index in [1.54, 1.807) is 12.1 Å². The minimum atomic E-state index is -0.361. The number of halogens is 2. The lowest BCUT2D eigenvalue weighted by atomic mass is 10.2. The lowest BCUT2D eigenvalue weighted by Gasteiger charge is -2.23. The van der Waals surface area contributed by atoms with Crippen molar-refractivity contribution in [3.8, 4) is 0 Å². The molecule has 0 radical (unpaired) electrons. The van der Waals surface area contributed by atoms with E-state index in [1.807, 2.05) is 4.90 Å². The van der Waals surface area contributed by atoms with Crippen LogP contribution in [0.15, 0.2) is 24.3 Å². The summed E-state index contributed by atoms with van der Waals surface area (Å²) < 4.78 is 13.0. The van der Waals surface area contributed by atoms with Gasteiger partial charge in [-0.25, -0.2) is 4.39 Å². The van der Waals surface area contributed by atoms with Gasteiger partial charge in [0.1, 0.15) is 5.82 Å². The molecule has 16 heavy (non-hydrogen) atoms. The highest BCUT2D eigenvalue weighted by molar-refractivity contribution is 9.09. The van der Waals surface area contributed by atoms with E-state index in [0.29, 0.717) is 5.56 Å². The van der Waals surface area contributed by atoms with Crippen LogP contribution in [0.5, 0.6) is 0 Å². The molecule has 2 nitrogen and oxygen atoms in total. The smallest absolute Gasteiger partial charge is 0.254 e. The van der Waals surface area contributed by atoms with Crippen molar-refractivity contribution in [2.75, 3.05) is 11.9 Å². The number of benzene rings is 1. The Morgan fingerprint density at radius 3 is 3.06 bits per heavy atom. The number of hydrogen-bond acceptors (Lipinski definition) is 1. The molecule has 0 bridgehead atoms. The molecule has 1 fully saturated rings. The third-order valence-corrected chi connectivity index (χ3v) is 3.64. The highest BCUT2D eigenvalue weighted by Crippen LogP contribution is 2.21. The van der Waals surface area contributed by atoms with Crippen molar-refractivity contribution in [2.45, 2.75) is 18.9 Å². The summed E-state index contributed by atoms with van der Waals surface area (Å²) in [4.78, 5) is 13.9. The first-order chi connectivity index (χ1) is 7.72. The van der Waals surface area contributed by atoms with Gasteiger partial charge in [0.05, 0.1) is 0 Å². The Hall–Kier alpha value is -0.900. The number of carbonyl (C=O) groups is 1. The number of amides is 1. The molecule has 1 aliphatic rings. The molecule has 86 valence electrons. The highest BCUT2D eigenvalue weighted by Gasteiger charge is 2.28. The van der Waals surface area contributed by atoms with Crippen molar-refractivity contribution in [3.63, 3.8) is 0 Å². The van der Waals surface area contributed by atoms with Crippen molar-refractivity contribution < 1.29 is 9.18 Å². The molecule has 1 aromatic carbocycles. The van der Waals surface area contributed by atoms with Crippen LogP contribution in [0.4, 0.5) is 4.39 Å². The molecule has 1 atom stereocenters. The minimum Gasteiger partial charge on any atom is -0.335 e. The van der Waals surface area contributed by atoms with Gasteiger partial charge in [0.25, 0.3) is 5.91 Å². The van der Waals surface area contributed by atoms with Crippen LogP contribution < -0.4 is 0 Å². The molecule has 0 N–H and O–H groups in total. The molecule has 0 aliphatic carbocycles. The van der Waals surface area contributed by atoms with Crippen LogP contribution in [-0.2, 0) is 0 Å². The number of alkyl halides is 1. The van der Waals surface area contributed by atoms with Crippen LogP contribution in [-0.4, -0.2) is 28.7 Å². The summed E-state index contributed by atoms with van der Waals surface area (Å²) in [6, 6.07) is 6.13. The third-order valence-electron chi connectivity index (χ3n) is 2.89. The minimum absolute atomic E-state index is 0.0681. The van der Waals surface area contributed by atoms with E-state index < -0.39 is 0 Å². The molecule has 1 aliphatic heterocycles. The fraction of sp³-hybridized carbons (Fsp3) is 0.417. The van der Waals surface area contributed by atoms with Crippen molar-refractivity contribution >= 4 is 21.8 Å². The van der Waals surface area contributed by atoms with Gasteiger partial charge in [0, 0.05) is 23.5 Å². The van der Waals surface area contributed by atoms with Gasteiger partial charge in [0.15, 0.2) is 0 Å². The largest absolute Gasteiger partial charge is 0.335 e. The normalized spacial score (nSPS) is 20.1. The SMILES string of the molecule is O=C(c1cccc(F)c1)N1CCC[C@H]1CBr. The molecular weight excluding hydrogens is 273 g/mol. The first-order valence-electron chi connectivity index (χ1n) is 5.35. The zero-order chi connectivity index (χ0) is 11.5. The highest BCUT2D eigenvalue weighted by atomic mass is 79.9. The van der Waals surface area contributed by atoms with E-state index in [1.165, 1.54) is 12.1 Å². The van der Waals surface area contributed by atoms with Crippen molar-refractivity contribution in [3.05, 3.63) is 35.6 Å². The summed E-state index contributed by atoms with van der Waals surface area (Å²) in [5, 5.41) is 0.786. The zero-order valence-corrected chi connectivity index (χ0v) is 10.4. The van der Waals surface area contributed by atoms with Gasteiger partial charge < -0.3 is 4.90 Å². The van der Waals surface area contributed by atoms with Gasteiger partial charge in [-0.3, -0.25) is 4.79 Å². The van der Waals surface area contributed by atoms with E-state index in [9.17, 15) is 9.18 Å². The Kier molecular flexibility index (Phi) is 3.59. The average molecular weight is 286 g/mol. The Morgan fingerprint density at radius 2 is 2.38 bits per heavy atom. The van der Waals surface area contributed by atoms with Crippen LogP contribution >= 0.6 is 15.9 Å². The molecule has 0 aromatic heterocycles. The molecule has 0 unspecified atom stereocenters. The first-order valence-corrected chi connectivity index (χ1v) is 6.47. The fourth-order valence-corrected chi connectivity index (χ4v) is 2.72. The topological polar surface area (TPSA) is 20.3 Å². The monoisotopic (exact) mass is 285 g/mol. The summed E-state index contributed by atoms with van der Waals surface area (Å²) in [6.45, 7) is 0.769. The summed E-state index contributed by atoms with van der Waals surface area (Å²) in [6.07, 6.45) is 2.05. The number of hydrogen-bond donors (Lipinski definition) is 0. The molecule has 1 heterocycles. The molecular formula is C12H13BrFNO. The second-order valence-corrected chi connectivity index (χ2v) is 4.61. The van der Waals surface area contributed by atoms with Gasteiger partial charge in [-0.1, -0.05) is 22.0 Å². The van der Waals surface area contributed by atoms with Crippen LogP contribution in [0.25, 0.3) is 0 Å². The third kappa shape index (κ3) is 2.26. The Labute approximate surface area is 103 Å². The summed E-state index contributed by atoms with van der Waals surface area (Å²) in [5.41, 5.74) is 0.438. The maximum atomic E-state index is 13.0. The van der Waals surface area contributed by atoms with E-state index >= 15 is 0 Å². The van der Waals surface area contributed by atoms with Crippen molar-refractivity contribution in [1.29, 1.82) is 0 Å². The second-order valence-electron chi connectivity index (χ2n) is 3.96. The van der Waals surface area contributed by atoms with Gasteiger partial charge >= 0.3 is 0 Å². The first kappa shape index (κ1) is 11.6. The van der Waals surface area contributed by atoms with E-state index in [-0.39, 0.29) is 17.8 Å². The predicted octanol–water partition coefficient (Wildman–Crippen LogP) is 2.83. The number of rotatable bonds is 2. The van der Waals surface area contributed by atoms with Gasteiger partial charge in [-0.2, -0.15) is 0 Å². The van der Waals surface area contributed by atoms with Gasteiger partial charge in [-0.15, -0.1) is 0 Å². The Bertz CT molecular complexity index is 396. The second kappa shape index (κ2) is 4.95. The average Bonchev–Trinajstić information content (AvgIpc) is 2.76. The quantitative estimate of drug-likeness (QED) is 0.766. The van der Waals surface area contributed by atoms with E-state index in [0.717, 1.165) is 24.7 Å². The standard InChI is InChI=1S/C12H13BrFNO/c13-8-11-5-2-6-15(11)12(16)9-3-1-4-10(14)7-9/h1,3-4,7,11H,2,5-6,8H2/t11-/m0/s1. The molecule has 0 saturated carbocycles. The lowest BCUT2D eigenvalue weighted by molar-refractivity contribution is 0.0750. The summed E-state index contributed by atoms with van der Waals surface area (Å²) >= 11 is 3.40. The van der Waals surface area contributed by atoms with Crippen LogP contribution in [0.3, 0.4) is 0 Å². The maximum absolute atomic E-state index is 13.0. The van der Waals surface area contributed by atoms with Crippen molar-refractivity contribution in [2.24, 2.45) is 0 Å². The molecule has 2 rings (SSSR count). The number of likely N-dealkylation sites (tertiary alicyclic amines) is 1. The zero-order valence-electron chi connectivity index (χ0n) is 8.83. The number of carbonyl (C=O) groups excluding carboxylic acids is 1. The molecule has 1 amide bonds. The Balaban J connectivity index is 2.18. The lowest BCUT2D eigenvalue weighted by Crippen LogP contribution is -2.36. The fourth-order valence-electron chi connectivity index (χ4n) is 2.05. The molecule has 0 spiro atoms. The summed E-state index contributed by atoms with van der Waals surface area (Å²) in [5.74, 6) is -0.429. The predicted molar refractivity (Wildman–Crippen MR) is 64.3 cm³/mol. The van der Waals surface area contributed by atoms with Gasteiger partial charge in [-0.05, 0) is 31.0 Å².